The molecule has 0 amide bonds. The third-order valence-corrected chi connectivity index (χ3v) is 5.48. The smallest absolute Gasteiger partial charge is 0.0311 e. The predicted molar refractivity (Wildman–Crippen MR) is 95.6 cm³/mol. The van der Waals surface area contributed by atoms with Gasteiger partial charge in [0.05, 0.1) is 0 Å². The van der Waals surface area contributed by atoms with Gasteiger partial charge >= 0.3 is 0 Å². The quantitative estimate of drug-likeness (QED) is 0.536. The van der Waals surface area contributed by atoms with E-state index >= 15 is 0 Å². The van der Waals surface area contributed by atoms with Gasteiger partial charge in [0.1, 0.15) is 0 Å². The molecule has 1 N–H and O–H groups in total. The van der Waals surface area contributed by atoms with Gasteiger partial charge < -0.3 is 5.32 Å². The zero-order valence-corrected chi connectivity index (χ0v) is 15.4. The molecule has 0 aliphatic carbocycles. The maximum atomic E-state index is 3.70. The monoisotopic (exact) mass is 357 g/mol. The van der Waals surface area contributed by atoms with E-state index in [0.717, 1.165) is 18.2 Å². The van der Waals surface area contributed by atoms with Crippen molar-refractivity contribution in [1.82, 2.24) is 5.32 Å². The summed E-state index contributed by atoms with van der Waals surface area (Å²) < 4.78 is 1.21. The Bertz CT molecular complexity index is 368. The van der Waals surface area contributed by atoms with Crippen LogP contribution < -0.4 is 5.32 Å². The summed E-state index contributed by atoms with van der Waals surface area (Å²) in [6.07, 6.45) is 5.16. The lowest BCUT2D eigenvalue weighted by Crippen LogP contribution is -2.32. The van der Waals surface area contributed by atoms with Gasteiger partial charge in [-0.05, 0) is 53.4 Å². The van der Waals surface area contributed by atoms with Gasteiger partial charge in [-0.2, -0.15) is 0 Å². The van der Waals surface area contributed by atoms with Crippen molar-refractivity contribution < 1.29 is 0 Å². The summed E-state index contributed by atoms with van der Waals surface area (Å²) in [5.74, 6) is 1.97. The molecule has 0 fully saturated rings. The van der Waals surface area contributed by atoms with Crippen molar-refractivity contribution >= 4 is 27.7 Å². The van der Waals surface area contributed by atoms with Crippen LogP contribution in [0.2, 0.25) is 0 Å². The van der Waals surface area contributed by atoms with Gasteiger partial charge in [-0.1, -0.05) is 45.7 Å². The van der Waals surface area contributed by atoms with Gasteiger partial charge in [0, 0.05) is 21.2 Å². The Morgan fingerprint density at radius 2 is 1.95 bits per heavy atom. The maximum absolute atomic E-state index is 3.70. The normalized spacial score (nSPS) is 12.8. The summed E-state index contributed by atoms with van der Waals surface area (Å²) in [7, 11) is 0. The molecule has 0 aliphatic rings. The second-order valence-electron chi connectivity index (χ2n) is 5.72. The predicted octanol–water partition coefficient (Wildman–Crippen LogP) is 5.74. The van der Waals surface area contributed by atoms with Crippen LogP contribution in [0.3, 0.4) is 0 Å². The van der Waals surface area contributed by atoms with E-state index in [4.69, 9.17) is 0 Å². The molecule has 1 atom stereocenters. The molecule has 0 spiro atoms. The highest BCUT2D eigenvalue weighted by molar-refractivity contribution is 9.10. The fraction of sp³-hybridized carbons (Fsp3) is 0.647. The van der Waals surface area contributed by atoms with Crippen LogP contribution in [-0.4, -0.2) is 18.3 Å². The highest BCUT2D eigenvalue weighted by atomic mass is 79.9. The van der Waals surface area contributed by atoms with Crippen molar-refractivity contribution in [3.63, 3.8) is 0 Å². The van der Waals surface area contributed by atoms with Gasteiger partial charge in [0.15, 0.2) is 0 Å². The molecule has 0 heterocycles. The molecule has 1 aromatic rings. The molecule has 0 saturated heterocycles. The van der Waals surface area contributed by atoms with E-state index in [9.17, 15) is 0 Å². The van der Waals surface area contributed by atoms with Crippen LogP contribution in [0.4, 0.5) is 0 Å². The molecule has 0 aromatic heterocycles. The molecule has 0 saturated carbocycles. The summed E-state index contributed by atoms with van der Waals surface area (Å²) >= 11 is 5.58. The van der Waals surface area contributed by atoms with Crippen molar-refractivity contribution in [2.75, 3.05) is 12.3 Å². The van der Waals surface area contributed by atoms with Crippen LogP contribution in [0.1, 0.15) is 46.5 Å². The fourth-order valence-electron chi connectivity index (χ4n) is 2.12. The van der Waals surface area contributed by atoms with Crippen LogP contribution in [0.25, 0.3) is 0 Å². The van der Waals surface area contributed by atoms with Crippen molar-refractivity contribution in [2.45, 2.75) is 57.4 Å². The molecular formula is C17H28BrNS. The van der Waals surface area contributed by atoms with E-state index in [1.54, 1.807) is 0 Å². The highest BCUT2D eigenvalue weighted by Gasteiger charge is 2.10. The van der Waals surface area contributed by atoms with Crippen molar-refractivity contribution in [2.24, 2.45) is 5.92 Å². The maximum Gasteiger partial charge on any atom is 0.0311 e. The molecule has 3 heteroatoms. The van der Waals surface area contributed by atoms with Gasteiger partial charge in [0.25, 0.3) is 0 Å². The lowest BCUT2D eigenvalue weighted by molar-refractivity contribution is 0.462. The minimum Gasteiger partial charge on any atom is -0.313 e. The number of nitrogens with one attached hydrogen (secondary N) is 1. The topological polar surface area (TPSA) is 12.0 Å². The molecule has 1 unspecified atom stereocenters. The minimum atomic E-state index is 0.630. The van der Waals surface area contributed by atoms with Gasteiger partial charge in [-0.15, -0.1) is 11.8 Å². The summed E-state index contributed by atoms with van der Waals surface area (Å²) in [4.78, 5) is 1.35. The second-order valence-corrected chi connectivity index (χ2v) is 7.63. The Labute approximate surface area is 137 Å². The number of rotatable bonds is 10. The standard InChI is InChI=1S/C17H28BrNS/c1-4-12-19-15(9-7-8-14(2)3)13-20-17-11-6-5-10-16(17)18/h5-6,10-11,14-15,19H,4,7-9,12-13H2,1-3H3. The summed E-state index contributed by atoms with van der Waals surface area (Å²) in [6.45, 7) is 7.98. The van der Waals surface area contributed by atoms with E-state index in [-0.39, 0.29) is 0 Å². The van der Waals surface area contributed by atoms with Crippen LogP contribution in [-0.2, 0) is 0 Å². The molecule has 114 valence electrons. The highest BCUT2D eigenvalue weighted by Crippen LogP contribution is 2.28. The first kappa shape index (κ1) is 18.1. The van der Waals surface area contributed by atoms with E-state index in [2.05, 4.69) is 66.3 Å². The third-order valence-electron chi connectivity index (χ3n) is 3.29. The third kappa shape index (κ3) is 7.70. The molecule has 0 bridgehead atoms. The zero-order chi connectivity index (χ0) is 14.8. The zero-order valence-electron chi connectivity index (χ0n) is 13.0. The number of hydrogen-bond acceptors (Lipinski definition) is 2. The molecule has 20 heavy (non-hydrogen) atoms. The van der Waals surface area contributed by atoms with Gasteiger partial charge in [-0.25, -0.2) is 0 Å². The molecule has 0 radical (unpaired) electrons. The number of benzene rings is 1. The number of hydrogen-bond donors (Lipinski definition) is 1. The van der Waals surface area contributed by atoms with Crippen LogP contribution >= 0.6 is 27.7 Å². The van der Waals surface area contributed by atoms with E-state index in [1.807, 2.05) is 11.8 Å². The first-order chi connectivity index (χ1) is 9.63. The van der Waals surface area contributed by atoms with Crippen molar-refractivity contribution in [1.29, 1.82) is 0 Å². The lowest BCUT2D eigenvalue weighted by Gasteiger charge is -2.19. The Balaban J connectivity index is 2.41. The lowest BCUT2D eigenvalue weighted by atomic mass is 10.0. The summed E-state index contributed by atoms with van der Waals surface area (Å²) in [6, 6.07) is 9.13. The Morgan fingerprint density at radius 1 is 1.20 bits per heavy atom. The van der Waals surface area contributed by atoms with Crippen molar-refractivity contribution in [3.05, 3.63) is 28.7 Å². The SMILES string of the molecule is CCCNC(CCCC(C)C)CSc1ccccc1Br. The first-order valence-corrected chi connectivity index (χ1v) is 9.52. The summed E-state index contributed by atoms with van der Waals surface area (Å²) in [5.41, 5.74) is 0. The average molecular weight is 358 g/mol. The van der Waals surface area contributed by atoms with Crippen LogP contribution in [0.15, 0.2) is 33.6 Å². The first-order valence-electron chi connectivity index (χ1n) is 7.74. The van der Waals surface area contributed by atoms with Gasteiger partial charge in [0.2, 0.25) is 0 Å². The number of thioether (sulfide) groups is 1. The van der Waals surface area contributed by atoms with Gasteiger partial charge in [-0.3, -0.25) is 0 Å². The Kier molecular flexibility index (Phi) is 9.66. The molecule has 1 rings (SSSR count). The van der Waals surface area contributed by atoms with E-state index in [1.165, 1.54) is 35.1 Å². The second kappa shape index (κ2) is 10.7. The van der Waals surface area contributed by atoms with E-state index in [0.29, 0.717) is 6.04 Å². The average Bonchev–Trinajstić information content (AvgIpc) is 2.42. The molecule has 1 aromatic carbocycles. The molecule has 0 aliphatic heterocycles. The summed E-state index contributed by atoms with van der Waals surface area (Å²) in [5, 5.41) is 3.70. The van der Waals surface area contributed by atoms with Crippen LogP contribution in [0.5, 0.6) is 0 Å². The molecule has 1 nitrogen and oxygen atoms in total. The minimum absolute atomic E-state index is 0.630. The Hall–Kier alpha value is 0.01000. The molecular weight excluding hydrogens is 330 g/mol. The van der Waals surface area contributed by atoms with Crippen LogP contribution in [0, 0.1) is 5.92 Å². The Morgan fingerprint density at radius 3 is 2.60 bits per heavy atom. The van der Waals surface area contributed by atoms with Crippen molar-refractivity contribution in [3.8, 4) is 0 Å². The van der Waals surface area contributed by atoms with E-state index < -0.39 is 0 Å². The fourth-order valence-corrected chi connectivity index (χ4v) is 3.79. The largest absolute Gasteiger partial charge is 0.313 e. The number of halogens is 1.